The van der Waals surface area contributed by atoms with Crippen molar-refractivity contribution in [3.8, 4) is 0 Å². The number of nitrogens with one attached hydrogen (secondary N) is 1. The van der Waals surface area contributed by atoms with Crippen LogP contribution in [0.25, 0.3) is 0 Å². The van der Waals surface area contributed by atoms with Gasteiger partial charge in [0.05, 0.1) is 24.8 Å². The van der Waals surface area contributed by atoms with Crippen molar-refractivity contribution in [3.05, 3.63) is 28.9 Å². The fourth-order valence-corrected chi connectivity index (χ4v) is 7.84. The van der Waals surface area contributed by atoms with Crippen molar-refractivity contribution in [1.82, 2.24) is 9.97 Å². The summed E-state index contributed by atoms with van der Waals surface area (Å²) in [6, 6.07) is 0. The van der Waals surface area contributed by atoms with Crippen LogP contribution >= 0.6 is 0 Å². The van der Waals surface area contributed by atoms with E-state index >= 15 is 0 Å². The summed E-state index contributed by atoms with van der Waals surface area (Å²) in [5, 5.41) is 10.7. The van der Waals surface area contributed by atoms with Crippen LogP contribution in [0, 0.1) is 23.7 Å². The smallest absolute Gasteiger partial charge is 0.449 e. The number of carbonyl (C=O) groups is 2. The molecule has 5 rings (SSSR count). The fourth-order valence-electron chi connectivity index (χ4n) is 7.84. The number of hydrogen-bond acceptors (Lipinski definition) is 8. The molecule has 1 aliphatic heterocycles. The number of cyclic esters (lactones) is 1. The largest absolute Gasteiger partial charge is 0.462 e. The molecule has 0 aromatic carbocycles. The second-order valence-electron chi connectivity index (χ2n) is 12.6. The van der Waals surface area contributed by atoms with Crippen molar-refractivity contribution < 1.29 is 46.8 Å². The van der Waals surface area contributed by atoms with Crippen LogP contribution in [0.1, 0.15) is 94.3 Å². The SMILES string of the molecule is CC[C@H]1CCCC[C@@H](C)C(=O)C2=CC3[C@@H]4C[C@H](OC(O)[C@H](COC)OC)CC4c4[nH]c(C(F)(F)F)nc4[C@H]3[C@@H]2CC(=O)O1. The molecule has 0 radical (unpaired) electrons. The maximum absolute atomic E-state index is 14.0. The van der Waals surface area contributed by atoms with Crippen LogP contribution < -0.4 is 0 Å². The number of H-pyrrole nitrogens is 1. The number of allylic oxidation sites excluding steroid dienone is 2. The number of aromatic nitrogens is 2. The number of rotatable bonds is 7. The van der Waals surface area contributed by atoms with Gasteiger partial charge in [0.1, 0.15) is 12.2 Å². The number of esters is 1. The summed E-state index contributed by atoms with van der Waals surface area (Å²) in [6.07, 6.45) is -1.06. The van der Waals surface area contributed by atoms with Gasteiger partial charge < -0.3 is 29.0 Å². The van der Waals surface area contributed by atoms with Crippen molar-refractivity contribution in [2.24, 2.45) is 23.7 Å². The number of fused-ring (bicyclic) bond motifs is 8. The zero-order valence-electron chi connectivity index (χ0n) is 25.2. The first-order valence-electron chi connectivity index (χ1n) is 15.4. The predicted molar refractivity (Wildman–Crippen MR) is 148 cm³/mol. The molecule has 1 saturated carbocycles. The van der Waals surface area contributed by atoms with E-state index in [-0.39, 0.29) is 54.3 Å². The number of ether oxygens (including phenoxy) is 4. The van der Waals surface area contributed by atoms with E-state index in [2.05, 4.69) is 9.97 Å². The van der Waals surface area contributed by atoms with Crippen LogP contribution in [0.2, 0.25) is 0 Å². The third-order valence-corrected chi connectivity index (χ3v) is 9.97. The van der Waals surface area contributed by atoms with E-state index < -0.39 is 48.3 Å². The minimum absolute atomic E-state index is 0.0618. The number of nitrogens with zero attached hydrogens (tertiary/aromatic N) is 1. The molecule has 9 nitrogen and oxygen atoms in total. The quantitative estimate of drug-likeness (QED) is 0.325. The molecule has 0 amide bonds. The minimum Gasteiger partial charge on any atom is -0.462 e. The molecular weight excluding hydrogens is 569 g/mol. The maximum Gasteiger partial charge on any atom is 0.449 e. The van der Waals surface area contributed by atoms with Gasteiger partial charge in [-0.3, -0.25) is 9.59 Å². The minimum atomic E-state index is -4.70. The second kappa shape index (κ2) is 13.0. The number of alkyl halides is 3. The van der Waals surface area contributed by atoms with E-state index in [1.54, 1.807) is 0 Å². The highest BCUT2D eigenvalue weighted by molar-refractivity contribution is 5.99. The first-order valence-corrected chi connectivity index (χ1v) is 15.4. The molecule has 1 aromatic rings. The van der Waals surface area contributed by atoms with E-state index in [4.69, 9.17) is 18.9 Å². The molecule has 1 saturated heterocycles. The number of imidazole rings is 1. The lowest BCUT2D eigenvalue weighted by Gasteiger charge is -2.37. The van der Waals surface area contributed by atoms with Gasteiger partial charge in [0.15, 0.2) is 12.1 Å². The number of aromatic amines is 1. The van der Waals surface area contributed by atoms with E-state index in [1.807, 2.05) is 19.9 Å². The summed E-state index contributed by atoms with van der Waals surface area (Å²) < 4.78 is 64.1. The van der Waals surface area contributed by atoms with Crippen LogP contribution in [-0.4, -0.2) is 72.3 Å². The third kappa shape index (κ3) is 6.43. The predicted octanol–water partition coefficient (Wildman–Crippen LogP) is 5.05. The van der Waals surface area contributed by atoms with Gasteiger partial charge in [-0.25, -0.2) is 4.98 Å². The number of halogens is 3. The van der Waals surface area contributed by atoms with E-state index in [0.29, 0.717) is 43.4 Å². The number of carbonyl (C=O) groups excluding carboxylic acids is 2. The Morgan fingerprint density at radius 2 is 1.91 bits per heavy atom. The van der Waals surface area contributed by atoms with Gasteiger partial charge in [-0.2, -0.15) is 13.2 Å². The molecule has 43 heavy (non-hydrogen) atoms. The Balaban J connectivity index is 1.52. The Labute approximate surface area is 249 Å². The number of aliphatic hydroxyl groups excluding tert-OH is 1. The zero-order chi connectivity index (χ0) is 31.1. The molecule has 0 spiro atoms. The standard InChI is InChI=1S/C31H43F3N2O7/c1-5-16-9-7-6-8-15(2)28(38)22-12-19-18-10-17(43-29(39)23(41-4)14-40-3)11-21(18)26-27(36-30(35-26)31(32,33)34)25(19)20(22)13-24(37)42-16/h12,15-21,23,25,29,39H,5-11,13-14H2,1-4H3,(H,35,36)/t15-,16+,17+,18+,19?,20-,21?,23+,25-,29?/m1/s1. The molecular formula is C31H43F3N2O7. The van der Waals surface area contributed by atoms with E-state index in [1.165, 1.54) is 14.2 Å². The number of hydrogen-bond donors (Lipinski definition) is 2. The van der Waals surface area contributed by atoms with Crippen molar-refractivity contribution >= 4 is 11.8 Å². The zero-order valence-corrected chi connectivity index (χ0v) is 25.2. The Bertz CT molecular complexity index is 1200. The summed E-state index contributed by atoms with van der Waals surface area (Å²) in [4.78, 5) is 33.8. The van der Waals surface area contributed by atoms with Crippen molar-refractivity contribution in [1.29, 1.82) is 0 Å². The molecule has 3 aliphatic carbocycles. The highest BCUT2D eigenvalue weighted by Gasteiger charge is 2.56. The van der Waals surface area contributed by atoms with Crippen LogP contribution in [0.3, 0.4) is 0 Å². The average Bonchev–Trinajstić information content (AvgIpc) is 3.67. The Morgan fingerprint density at radius 3 is 2.58 bits per heavy atom. The monoisotopic (exact) mass is 612 g/mol. The van der Waals surface area contributed by atoms with Crippen LogP contribution in [0.4, 0.5) is 13.2 Å². The van der Waals surface area contributed by atoms with Gasteiger partial charge >= 0.3 is 12.1 Å². The normalized spacial score (nSPS) is 34.6. The number of ketones is 1. The highest BCUT2D eigenvalue weighted by Crippen LogP contribution is 2.61. The van der Waals surface area contributed by atoms with Gasteiger partial charge in [-0.15, -0.1) is 0 Å². The lowest BCUT2D eigenvalue weighted by Crippen LogP contribution is -2.36. The number of Topliss-reactive ketones (excluding diaryl/α,β-unsaturated/α-hetero) is 1. The molecule has 0 bridgehead atoms. The first-order chi connectivity index (χ1) is 20.5. The number of methoxy groups -OCH3 is 2. The topological polar surface area (TPSA) is 120 Å². The Hall–Kier alpha value is -2.28. The molecule has 2 N–H and O–H groups in total. The summed E-state index contributed by atoms with van der Waals surface area (Å²) >= 11 is 0. The molecule has 10 atom stereocenters. The Morgan fingerprint density at radius 1 is 1.16 bits per heavy atom. The molecule has 12 heteroatoms. The van der Waals surface area contributed by atoms with Gasteiger partial charge in [-0.05, 0) is 55.9 Å². The lowest BCUT2D eigenvalue weighted by molar-refractivity contribution is -0.204. The van der Waals surface area contributed by atoms with Crippen molar-refractivity contribution in [2.75, 3.05) is 20.8 Å². The van der Waals surface area contributed by atoms with Gasteiger partial charge in [-0.1, -0.05) is 26.3 Å². The number of aliphatic hydroxyl groups is 1. The van der Waals surface area contributed by atoms with Crippen LogP contribution in [-0.2, 0) is 34.7 Å². The van der Waals surface area contributed by atoms with Gasteiger partial charge in [0.25, 0.3) is 0 Å². The lowest BCUT2D eigenvalue weighted by atomic mass is 9.67. The third-order valence-electron chi connectivity index (χ3n) is 9.97. The molecule has 3 unspecified atom stereocenters. The molecule has 2 fully saturated rings. The fraction of sp³-hybridized carbons (Fsp3) is 0.774. The highest BCUT2D eigenvalue weighted by atomic mass is 19.4. The molecule has 4 aliphatic rings. The Kier molecular flexibility index (Phi) is 9.70. The maximum atomic E-state index is 14.0. The summed E-state index contributed by atoms with van der Waals surface area (Å²) in [5.41, 5.74) is 1.14. The summed E-state index contributed by atoms with van der Waals surface area (Å²) in [7, 11) is 2.91. The van der Waals surface area contributed by atoms with Crippen molar-refractivity contribution in [2.45, 2.75) is 108 Å². The van der Waals surface area contributed by atoms with Crippen molar-refractivity contribution in [3.63, 3.8) is 0 Å². The molecule has 1 aromatic heterocycles. The van der Waals surface area contributed by atoms with Crippen LogP contribution in [0.15, 0.2) is 11.6 Å². The van der Waals surface area contributed by atoms with Crippen LogP contribution in [0.5, 0.6) is 0 Å². The second-order valence-corrected chi connectivity index (χ2v) is 12.6. The van der Waals surface area contributed by atoms with Gasteiger partial charge in [0, 0.05) is 43.6 Å². The average molecular weight is 613 g/mol. The van der Waals surface area contributed by atoms with E-state index in [0.717, 1.165) is 12.8 Å². The molecule has 240 valence electrons. The summed E-state index contributed by atoms with van der Waals surface area (Å²) in [6.45, 7) is 3.95. The van der Waals surface area contributed by atoms with E-state index in [9.17, 15) is 27.9 Å². The van der Waals surface area contributed by atoms with Gasteiger partial charge in [0.2, 0.25) is 5.82 Å². The first kappa shape index (κ1) is 32.1. The molecule has 2 heterocycles. The summed E-state index contributed by atoms with van der Waals surface area (Å²) in [5.74, 6) is -3.95.